The molecular formula is C17H27ClO2. The predicted octanol–water partition coefficient (Wildman–Crippen LogP) is 4.99. The van der Waals surface area contributed by atoms with Gasteiger partial charge < -0.3 is 9.47 Å². The Kier molecular flexibility index (Phi) is 6.35. The van der Waals surface area contributed by atoms with Crippen molar-refractivity contribution >= 4 is 11.6 Å². The molecule has 0 atom stereocenters. The number of hydrogen-bond acceptors (Lipinski definition) is 2. The third-order valence-electron chi connectivity index (χ3n) is 3.18. The van der Waals surface area contributed by atoms with E-state index < -0.39 is 0 Å². The fraction of sp³-hybridized carbons (Fsp3) is 0.647. The largest absolute Gasteiger partial charge is 0.491 e. The van der Waals surface area contributed by atoms with Crippen LogP contribution in [-0.4, -0.2) is 19.3 Å². The minimum atomic E-state index is 0.165. The molecule has 0 bridgehead atoms. The van der Waals surface area contributed by atoms with Gasteiger partial charge in [0.2, 0.25) is 0 Å². The maximum Gasteiger partial charge on any atom is 0.121 e. The summed E-state index contributed by atoms with van der Waals surface area (Å²) in [6, 6.07) is 8.58. The highest BCUT2D eigenvalue weighted by Gasteiger charge is 2.27. The Hall–Kier alpha value is -0.730. The number of rotatable bonds is 7. The van der Waals surface area contributed by atoms with E-state index in [-0.39, 0.29) is 11.5 Å². The Bertz CT molecular complexity index is 390. The quantitative estimate of drug-likeness (QED) is 0.521. The van der Waals surface area contributed by atoms with Crippen LogP contribution in [0.2, 0.25) is 0 Å². The summed E-state index contributed by atoms with van der Waals surface area (Å²) < 4.78 is 10.6. The highest BCUT2D eigenvalue weighted by molar-refractivity contribution is 6.17. The number of ether oxygens (including phenoxy) is 2. The van der Waals surface area contributed by atoms with E-state index in [0.29, 0.717) is 18.6 Å². The summed E-state index contributed by atoms with van der Waals surface area (Å²) in [5.41, 5.74) is 1.83. The molecule has 0 fully saturated rings. The minimum Gasteiger partial charge on any atom is -0.491 e. The van der Waals surface area contributed by atoms with Gasteiger partial charge in [-0.05, 0) is 34.9 Å². The summed E-state index contributed by atoms with van der Waals surface area (Å²) in [5, 5.41) is 0. The molecule has 0 saturated carbocycles. The molecule has 3 heteroatoms. The molecule has 0 N–H and O–H groups in total. The Labute approximate surface area is 128 Å². The summed E-state index contributed by atoms with van der Waals surface area (Å²) >= 11 is 5.43. The van der Waals surface area contributed by atoms with E-state index in [2.05, 4.69) is 46.8 Å². The molecule has 0 aliphatic rings. The smallest absolute Gasteiger partial charge is 0.121 e. The normalized spacial score (nSPS) is 12.5. The molecule has 0 radical (unpaired) electrons. The first-order valence-electron chi connectivity index (χ1n) is 7.12. The van der Waals surface area contributed by atoms with Gasteiger partial charge in [0, 0.05) is 0 Å². The summed E-state index contributed by atoms with van der Waals surface area (Å²) in [7, 11) is 0. The summed E-state index contributed by atoms with van der Waals surface area (Å²) in [6.07, 6.45) is 1.14. The van der Waals surface area contributed by atoms with Crippen LogP contribution in [0.15, 0.2) is 24.3 Å². The van der Waals surface area contributed by atoms with E-state index in [1.54, 1.807) is 0 Å². The Morgan fingerprint density at radius 1 is 0.950 bits per heavy atom. The van der Waals surface area contributed by atoms with Crippen molar-refractivity contribution in [1.29, 1.82) is 0 Å². The lowest BCUT2D eigenvalue weighted by molar-refractivity contribution is 0.133. The Balaban J connectivity index is 2.61. The van der Waals surface area contributed by atoms with Crippen LogP contribution in [0.5, 0.6) is 5.75 Å². The van der Waals surface area contributed by atoms with Crippen LogP contribution in [0.1, 0.15) is 46.6 Å². The fourth-order valence-corrected chi connectivity index (χ4v) is 2.81. The van der Waals surface area contributed by atoms with E-state index in [0.717, 1.165) is 12.2 Å². The van der Waals surface area contributed by atoms with Gasteiger partial charge in [0.05, 0.1) is 6.61 Å². The van der Waals surface area contributed by atoms with E-state index >= 15 is 0 Å². The van der Waals surface area contributed by atoms with Gasteiger partial charge in [-0.25, -0.2) is 0 Å². The summed E-state index contributed by atoms with van der Waals surface area (Å²) in [6.45, 7) is 12.5. The molecule has 1 rings (SSSR count). The number of hydrogen-bond donors (Lipinski definition) is 0. The van der Waals surface area contributed by atoms with Crippen molar-refractivity contribution in [1.82, 2.24) is 0 Å². The zero-order valence-electron chi connectivity index (χ0n) is 13.3. The van der Waals surface area contributed by atoms with Gasteiger partial charge in [0.25, 0.3) is 0 Å². The number of benzene rings is 1. The van der Waals surface area contributed by atoms with Crippen LogP contribution in [0.4, 0.5) is 0 Å². The lowest BCUT2D eigenvalue weighted by atomic mass is 9.72. The third kappa shape index (κ3) is 6.15. The molecule has 0 spiro atoms. The van der Waals surface area contributed by atoms with Crippen molar-refractivity contribution in [2.75, 3.05) is 19.3 Å². The molecule has 1 aromatic carbocycles. The molecule has 0 saturated heterocycles. The van der Waals surface area contributed by atoms with Crippen LogP contribution in [0, 0.1) is 5.41 Å². The molecular weight excluding hydrogens is 272 g/mol. The van der Waals surface area contributed by atoms with Crippen LogP contribution in [0.25, 0.3) is 0 Å². The molecule has 0 aromatic heterocycles. The molecule has 2 nitrogen and oxygen atoms in total. The third-order valence-corrected chi connectivity index (χ3v) is 3.34. The highest BCUT2D eigenvalue weighted by Crippen LogP contribution is 2.36. The van der Waals surface area contributed by atoms with Crippen LogP contribution >= 0.6 is 11.6 Å². The Morgan fingerprint density at radius 3 is 2.05 bits per heavy atom. The zero-order valence-corrected chi connectivity index (χ0v) is 14.1. The monoisotopic (exact) mass is 298 g/mol. The zero-order chi connectivity index (χ0) is 15.2. The molecule has 0 heterocycles. The summed E-state index contributed by atoms with van der Waals surface area (Å²) in [4.78, 5) is 0. The van der Waals surface area contributed by atoms with Gasteiger partial charge in [0.15, 0.2) is 0 Å². The molecule has 20 heavy (non-hydrogen) atoms. The van der Waals surface area contributed by atoms with E-state index in [1.165, 1.54) is 5.56 Å². The van der Waals surface area contributed by atoms with Crippen molar-refractivity contribution < 1.29 is 9.47 Å². The van der Waals surface area contributed by atoms with E-state index in [4.69, 9.17) is 21.1 Å². The fourth-order valence-electron chi connectivity index (χ4n) is 2.70. The molecule has 1 aromatic rings. The first-order valence-corrected chi connectivity index (χ1v) is 7.65. The highest BCUT2D eigenvalue weighted by atomic mass is 35.5. The molecule has 0 aliphatic carbocycles. The first kappa shape index (κ1) is 17.3. The SMILES string of the molecule is CC(C)(C)CC(C)(C)c1ccc(OCCOCCl)cc1. The van der Waals surface area contributed by atoms with Gasteiger partial charge in [-0.1, -0.05) is 58.4 Å². The topological polar surface area (TPSA) is 18.5 Å². The van der Waals surface area contributed by atoms with Crippen molar-refractivity contribution in [3.63, 3.8) is 0 Å². The standard InChI is InChI=1S/C17H27ClO2/c1-16(2,3)12-17(4,5)14-6-8-15(9-7-14)20-11-10-19-13-18/h6-9H,10-13H2,1-5H3. The summed E-state index contributed by atoms with van der Waals surface area (Å²) in [5.74, 6) is 0.874. The second-order valence-corrected chi connectivity index (χ2v) is 7.23. The van der Waals surface area contributed by atoms with Crippen molar-refractivity contribution in [3.05, 3.63) is 29.8 Å². The van der Waals surface area contributed by atoms with Crippen molar-refractivity contribution in [3.8, 4) is 5.75 Å². The molecule has 0 amide bonds. The average molecular weight is 299 g/mol. The average Bonchev–Trinajstić information content (AvgIpc) is 2.32. The second kappa shape index (κ2) is 7.33. The van der Waals surface area contributed by atoms with E-state index in [9.17, 15) is 0 Å². The van der Waals surface area contributed by atoms with Gasteiger partial charge in [0.1, 0.15) is 18.4 Å². The van der Waals surface area contributed by atoms with Crippen LogP contribution in [0.3, 0.4) is 0 Å². The van der Waals surface area contributed by atoms with Crippen LogP contribution in [-0.2, 0) is 10.2 Å². The van der Waals surface area contributed by atoms with Crippen molar-refractivity contribution in [2.45, 2.75) is 46.5 Å². The van der Waals surface area contributed by atoms with Crippen molar-refractivity contribution in [2.24, 2.45) is 5.41 Å². The first-order chi connectivity index (χ1) is 9.24. The van der Waals surface area contributed by atoms with Gasteiger partial charge in [-0.2, -0.15) is 0 Å². The maximum absolute atomic E-state index is 5.59. The van der Waals surface area contributed by atoms with Gasteiger partial charge in [-0.15, -0.1) is 0 Å². The van der Waals surface area contributed by atoms with Crippen LogP contribution < -0.4 is 4.74 Å². The minimum absolute atomic E-state index is 0.165. The Morgan fingerprint density at radius 2 is 1.55 bits per heavy atom. The lowest BCUT2D eigenvalue weighted by Gasteiger charge is -2.33. The predicted molar refractivity (Wildman–Crippen MR) is 85.7 cm³/mol. The van der Waals surface area contributed by atoms with E-state index in [1.807, 2.05) is 12.1 Å². The second-order valence-electron chi connectivity index (χ2n) is 7.01. The van der Waals surface area contributed by atoms with Gasteiger partial charge >= 0.3 is 0 Å². The number of alkyl halides is 1. The van der Waals surface area contributed by atoms with Gasteiger partial charge in [-0.3, -0.25) is 0 Å². The lowest BCUT2D eigenvalue weighted by Crippen LogP contribution is -2.24. The molecule has 0 aliphatic heterocycles. The molecule has 114 valence electrons. The number of halogens is 1. The maximum atomic E-state index is 5.59. The molecule has 0 unspecified atom stereocenters.